The number of piperidine rings is 1. The molecule has 1 N–H and O–H groups in total. The number of nitrogens with zero attached hydrogens (tertiary/aromatic N) is 3. The highest BCUT2D eigenvalue weighted by molar-refractivity contribution is 5.32. The number of hydrogen-bond acceptors (Lipinski definition) is 4. The third-order valence-electron chi connectivity index (χ3n) is 3.95. The lowest BCUT2D eigenvalue weighted by atomic mass is 9.99. The Hall–Kier alpha value is -1.16. The molecule has 1 aromatic heterocycles. The van der Waals surface area contributed by atoms with Crippen LogP contribution >= 0.6 is 0 Å². The van der Waals surface area contributed by atoms with E-state index in [1.54, 1.807) is 0 Å². The summed E-state index contributed by atoms with van der Waals surface area (Å²) in [6, 6.07) is 0.637. The number of nitrogens with one attached hydrogen (secondary N) is 1. The van der Waals surface area contributed by atoms with E-state index in [4.69, 9.17) is 0 Å². The van der Waals surface area contributed by atoms with Crippen LogP contribution < -0.4 is 10.2 Å². The Morgan fingerprint density at radius 1 is 1.20 bits per heavy atom. The Morgan fingerprint density at radius 3 is 2.70 bits per heavy atom. The smallest absolute Gasteiger partial charge is 0.225 e. The van der Waals surface area contributed by atoms with Crippen molar-refractivity contribution in [3.8, 4) is 0 Å². The van der Waals surface area contributed by atoms with Crippen LogP contribution in [0.3, 0.4) is 0 Å². The van der Waals surface area contributed by atoms with Crippen LogP contribution in [0.1, 0.15) is 57.9 Å². The van der Waals surface area contributed by atoms with Crippen molar-refractivity contribution < 1.29 is 0 Å². The molecular formula is C16H28N4. The van der Waals surface area contributed by atoms with Crippen LogP contribution in [-0.2, 0) is 6.54 Å². The van der Waals surface area contributed by atoms with E-state index in [1.165, 1.54) is 37.7 Å². The van der Waals surface area contributed by atoms with Crippen LogP contribution in [0.2, 0.25) is 0 Å². The van der Waals surface area contributed by atoms with Gasteiger partial charge in [0.2, 0.25) is 5.95 Å². The molecule has 0 aromatic carbocycles. The van der Waals surface area contributed by atoms with E-state index in [-0.39, 0.29) is 0 Å². The molecule has 0 bridgehead atoms. The number of rotatable bonds is 7. The molecule has 1 unspecified atom stereocenters. The molecule has 20 heavy (non-hydrogen) atoms. The highest BCUT2D eigenvalue weighted by Gasteiger charge is 2.23. The quantitative estimate of drug-likeness (QED) is 0.777. The molecule has 2 rings (SSSR count). The summed E-state index contributed by atoms with van der Waals surface area (Å²) in [5.41, 5.74) is 1.17. The zero-order valence-electron chi connectivity index (χ0n) is 12.9. The highest BCUT2D eigenvalue weighted by Crippen LogP contribution is 2.24. The van der Waals surface area contributed by atoms with E-state index in [9.17, 15) is 0 Å². The minimum Gasteiger partial charge on any atom is -0.338 e. The lowest BCUT2D eigenvalue weighted by Gasteiger charge is -2.35. The molecule has 0 spiro atoms. The molecule has 0 aliphatic carbocycles. The van der Waals surface area contributed by atoms with Crippen molar-refractivity contribution in [1.29, 1.82) is 0 Å². The van der Waals surface area contributed by atoms with Gasteiger partial charge in [-0.05, 0) is 38.6 Å². The van der Waals surface area contributed by atoms with Gasteiger partial charge >= 0.3 is 0 Å². The average Bonchev–Trinajstić information content (AvgIpc) is 2.49. The Kier molecular flexibility index (Phi) is 6.25. The van der Waals surface area contributed by atoms with Crippen molar-refractivity contribution in [3.63, 3.8) is 0 Å². The Balaban J connectivity index is 1.96. The summed E-state index contributed by atoms with van der Waals surface area (Å²) in [5, 5.41) is 3.39. The maximum Gasteiger partial charge on any atom is 0.225 e. The molecule has 1 aliphatic rings. The second-order valence-electron chi connectivity index (χ2n) is 5.70. The SMILES string of the molecule is CCCNCc1cnc(N2CCCCC2CCC)nc1. The van der Waals surface area contributed by atoms with Crippen molar-refractivity contribution in [2.45, 2.75) is 65.0 Å². The van der Waals surface area contributed by atoms with Gasteiger partial charge in [0.05, 0.1) is 0 Å². The molecule has 1 saturated heterocycles. The minimum atomic E-state index is 0.637. The standard InChI is InChI=1S/C16H28N4/c1-3-7-15-8-5-6-10-20(15)16-18-12-14(13-19-16)11-17-9-4-2/h12-13,15,17H,3-11H2,1-2H3. The number of aromatic nitrogens is 2. The molecule has 4 heteroatoms. The first-order valence-corrected chi connectivity index (χ1v) is 8.13. The van der Waals surface area contributed by atoms with E-state index in [0.29, 0.717) is 6.04 Å². The van der Waals surface area contributed by atoms with Gasteiger partial charge in [-0.25, -0.2) is 9.97 Å². The van der Waals surface area contributed by atoms with E-state index in [0.717, 1.165) is 32.0 Å². The van der Waals surface area contributed by atoms with Crippen molar-refractivity contribution >= 4 is 5.95 Å². The van der Waals surface area contributed by atoms with E-state index < -0.39 is 0 Å². The summed E-state index contributed by atoms with van der Waals surface area (Å²) >= 11 is 0. The van der Waals surface area contributed by atoms with Gasteiger partial charge in [0.25, 0.3) is 0 Å². The Labute approximate surface area is 123 Å². The van der Waals surface area contributed by atoms with Crippen LogP contribution in [-0.4, -0.2) is 29.1 Å². The highest BCUT2D eigenvalue weighted by atomic mass is 15.3. The third kappa shape index (κ3) is 4.17. The zero-order chi connectivity index (χ0) is 14.2. The predicted molar refractivity (Wildman–Crippen MR) is 83.9 cm³/mol. The van der Waals surface area contributed by atoms with Gasteiger partial charge in [-0.15, -0.1) is 0 Å². The van der Waals surface area contributed by atoms with E-state index in [2.05, 4.69) is 34.0 Å². The molecular weight excluding hydrogens is 248 g/mol. The predicted octanol–water partition coefficient (Wildman–Crippen LogP) is 3.14. The van der Waals surface area contributed by atoms with Gasteiger partial charge < -0.3 is 10.2 Å². The maximum atomic E-state index is 4.59. The minimum absolute atomic E-state index is 0.637. The lowest BCUT2D eigenvalue weighted by Crippen LogP contribution is -2.40. The number of anilines is 1. The van der Waals surface area contributed by atoms with Crippen molar-refractivity contribution in [2.75, 3.05) is 18.0 Å². The fraction of sp³-hybridized carbons (Fsp3) is 0.750. The molecule has 112 valence electrons. The van der Waals surface area contributed by atoms with Gasteiger partial charge in [-0.1, -0.05) is 20.3 Å². The Morgan fingerprint density at radius 2 is 2.00 bits per heavy atom. The van der Waals surface area contributed by atoms with Crippen LogP contribution in [0, 0.1) is 0 Å². The first-order chi connectivity index (χ1) is 9.85. The molecule has 1 fully saturated rings. The third-order valence-corrected chi connectivity index (χ3v) is 3.95. The Bertz CT molecular complexity index is 375. The topological polar surface area (TPSA) is 41.1 Å². The summed E-state index contributed by atoms with van der Waals surface area (Å²) in [7, 11) is 0. The second kappa shape index (κ2) is 8.20. The van der Waals surface area contributed by atoms with Gasteiger partial charge in [-0.3, -0.25) is 0 Å². The summed E-state index contributed by atoms with van der Waals surface area (Å²) in [6.07, 6.45) is 11.5. The molecule has 1 aliphatic heterocycles. The molecule has 0 radical (unpaired) electrons. The first-order valence-electron chi connectivity index (χ1n) is 8.13. The maximum absolute atomic E-state index is 4.59. The van der Waals surface area contributed by atoms with Crippen molar-refractivity contribution in [3.05, 3.63) is 18.0 Å². The molecule has 2 heterocycles. The summed E-state index contributed by atoms with van der Waals surface area (Å²) in [5.74, 6) is 0.919. The monoisotopic (exact) mass is 276 g/mol. The van der Waals surface area contributed by atoms with Crippen LogP contribution in [0.5, 0.6) is 0 Å². The van der Waals surface area contributed by atoms with Crippen LogP contribution in [0.25, 0.3) is 0 Å². The molecule has 1 aromatic rings. The molecule has 1 atom stereocenters. The zero-order valence-corrected chi connectivity index (χ0v) is 12.9. The van der Waals surface area contributed by atoms with E-state index >= 15 is 0 Å². The number of hydrogen-bond donors (Lipinski definition) is 1. The lowest BCUT2D eigenvalue weighted by molar-refractivity contribution is 0.428. The molecule has 0 saturated carbocycles. The van der Waals surface area contributed by atoms with Gasteiger partial charge in [0.15, 0.2) is 0 Å². The summed E-state index contributed by atoms with van der Waals surface area (Å²) in [4.78, 5) is 11.6. The summed E-state index contributed by atoms with van der Waals surface area (Å²) < 4.78 is 0. The van der Waals surface area contributed by atoms with Crippen molar-refractivity contribution in [2.24, 2.45) is 0 Å². The molecule has 4 nitrogen and oxygen atoms in total. The van der Waals surface area contributed by atoms with Crippen LogP contribution in [0.4, 0.5) is 5.95 Å². The normalized spacial score (nSPS) is 19.3. The van der Waals surface area contributed by atoms with Gasteiger partial charge in [-0.2, -0.15) is 0 Å². The first kappa shape index (κ1) is 15.2. The largest absolute Gasteiger partial charge is 0.338 e. The second-order valence-corrected chi connectivity index (χ2v) is 5.70. The van der Waals surface area contributed by atoms with Gasteiger partial charge in [0.1, 0.15) is 0 Å². The fourth-order valence-corrected chi connectivity index (χ4v) is 2.89. The molecule has 0 amide bonds. The average molecular weight is 276 g/mol. The van der Waals surface area contributed by atoms with Crippen LogP contribution in [0.15, 0.2) is 12.4 Å². The van der Waals surface area contributed by atoms with Crippen molar-refractivity contribution in [1.82, 2.24) is 15.3 Å². The fourth-order valence-electron chi connectivity index (χ4n) is 2.89. The van der Waals surface area contributed by atoms with E-state index in [1.807, 2.05) is 12.4 Å². The van der Waals surface area contributed by atoms with Gasteiger partial charge in [0, 0.05) is 37.1 Å². The summed E-state index contributed by atoms with van der Waals surface area (Å²) in [6.45, 7) is 7.46.